The second-order valence-electron chi connectivity index (χ2n) is 4.67. The lowest BCUT2D eigenvalue weighted by atomic mass is 10.1. The minimum Gasteiger partial charge on any atom is -0.373 e. The molecule has 0 aromatic heterocycles. The third-order valence-corrected chi connectivity index (χ3v) is 1.36. The molecule has 0 unspecified atom stereocenters. The van der Waals surface area contributed by atoms with Crippen LogP contribution >= 0.6 is 0 Å². The van der Waals surface area contributed by atoms with Crippen LogP contribution in [0.15, 0.2) is 0 Å². The standard InChI is InChI=1S/C10H22O/c1-8(2)7-9(3)11-10(4,5)6/h8-9H,7H2,1-6H3/t9-/m1/s1. The average Bonchev–Trinajstić information content (AvgIpc) is 1.53. The fourth-order valence-corrected chi connectivity index (χ4v) is 1.32. The summed E-state index contributed by atoms with van der Waals surface area (Å²) in [4.78, 5) is 0. The van der Waals surface area contributed by atoms with Gasteiger partial charge in [-0.25, -0.2) is 0 Å². The quantitative estimate of drug-likeness (QED) is 0.612. The molecule has 1 nitrogen and oxygen atoms in total. The highest BCUT2D eigenvalue weighted by Crippen LogP contribution is 2.15. The maximum absolute atomic E-state index is 5.75. The first-order chi connectivity index (χ1) is 4.81. The number of hydrogen-bond acceptors (Lipinski definition) is 1. The van der Waals surface area contributed by atoms with Gasteiger partial charge in [0.05, 0.1) is 11.7 Å². The average molecular weight is 158 g/mol. The van der Waals surface area contributed by atoms with Crippen molar-refractivity contribution in [2.45, 2.75) is 59.7 Å². The Morgan fingerprint density at radius 3 is 1.82 bits per heavy atom. The zero-order valence-corrected chi connectivity index (χ0v) is 8.77. The number of hydrogen-bond donors (Lipinski definition) is 0. The second-order valence-corrected chi connectivity index (χ2v) is 4.67. The van der Waals surface area contributed by atoms with E-state index in [4.69, 9.17) is 4.74 Å². The van der Waals surface area contributed by atoms with Gasteiger partial charge < -0.3 is 4.74 Å². The van der Waals surface area contributed by atoms with Crippen LogP contribution in [0.25, 0.3) is 0 Å². The molecule has 0 aliphatic rings. The van der Waals surface area contributed by atoms with Crippen molar-refractivity contribution in [2.24, 2.45) is 5.92 Å². The largest absolute Gasteiger partial charge is 0.373 e. The fourth-order valence-electron chi connectivity index (χ4n) is 1.32. The smallest absolute Gasteiger partial charge is 0.0602 e. The van der Waals surface area contributed by atoms with Gasteiger partial charge in [0.25, 0.3) is 0 Å². The van der Waals surface area contributed by atoms with Gasteiger partial charge in [-0.15, -0.1) is 0 Å². The van der Waals surface area contributed by atoms with E-state index in [1.54, 1.807) is 0 Å². The third-order valence-electron chi connectivity index (χ3n) is 1.36. The summed E-state index contributed by atoms with van der Waals surface area (Å²) in [6, 6.07) is 0. The Bertz CT molecular complexity index is 99.9. The molecular formula is C10H22O. The van der Waals surface area contributed by atoms with Crippen LogP contribution in [-0.4, -0.2) is 11.7 Å². The Morgan fingerprint density at radius 2 is 1.55 bits per heavy atom. The summed E-state index contributed by atoms with van der Waals surface area (Å²) in [5.41, 5.74) is 0.00824. The highest BCUT2D eigenvalue weighted by Gasteiger charge is 2.15. The molecule has 0 saturated heterocycles. The molecule has 0 aromatic rings. The minimum atomic E-state index is 0.00824. The van der Waals surface area contributed by atoms with E-state index in [0.717, 1.165) is 12.3 Å². The lowest BCUT2D eigenvalue weighted by Crippen LogP contribution is -2.26. The van der Waals surface area contributed by atoms with Crippen molar-refractivity contribution in [1.29, 1.82) is 0 Å². The molecule has 11 heavy (non-hydrogen) atoms. The zero-order valence-electron chi connectivity index (χ0n) is 8.77. The molecule has 0 rings (SSSR count). The van der Waals surface area contributed by atoms with E-state index in [1.165, 1.54) is 0 Å². The van der Waals surface area contributed by atoms with E-state index < -0.39 is 0 Å². The van der Waals surface area contributed by atoms with E-state index in [1.807, 2.05) is 0 Å². The Hall–Kier alpha value is -0.0400. The molecular weight excluding hydrogens is 136 g/mol. The van der Waals surface area contributed by atoms with Crippen molar-refractivity contribution < 1.29 is 4.74 Å². The molecule has 0 saturated carbocycles. The van der Waals surface area contributed by atoms with Gasteiger partial charge in [-0.2, -0.15) is 0 Å². The van der Waals surface area contributed by atoms with Crippen LogP contribution in [-0.2, 0) is 4.74 Å². The summed E-state index contributed by atoms with van der Waals surface area (Å²) in [6.45, 7) is 12.9. The van der Waals surface area contributed by atoms with Crippen molar-refractivity contribution in [2.75, 3.05) is 0 Å². The van der Waals surface area contributed by atoms with Crippen LogP contribution in [0, 0.1) is 5.92 Å². The molecule has 0 amide bonds. The van der Waals surface area contributed by atoms with Crippen molar-refractivity contribution in [1.82, 2.24) is 0 Å². The molecule has 1 heteroatoms. The minimum absolute atomic E-state index is 0.00824. The number of ether oxygens (including phenoxy) is 1. The Morgan fingerprint density at radius 1 is 1.09 bits per heavy atom. The number of rotatable bonds is 3. The van der Waals surface area contributed by atoms with Crippen LogP contribution in [0.4, 0.5) is 0 Å². The van der Waals surface area contributed by atoms with Gasteiger partial charge in [-0.05, 0) is 40.0 Å². The van der Waals surface area contributed by atoms with E-state index in [0.29, 0.717) is 6.10 Å². The predicted octanol–water partition coefficient (Wildman–Crippen LogP) is 3.24. The maximum atomic E-state index is 5.75. The van der Waals surface area contributed by atoms with E-state index in [2.05, 4.69) is 41.5 Å². The molecule has 0 spiro atoms. The van der Waals surface area contributed by atoms with Gasteiger partial charge in [-0.1, -0.05) is 13.8 Å². The van der Waals surface area contributed by atoms with Crippen LogP contribution < -0.4 is 0 Å². The Labute approximate surface area is 71.1 Å². The fraction of sp³-hybridized carbons (Fsp3) is 1.00. The molecule has 68 valence electrons. The summed E-state index contributed by atoms with van der Waals surface area (Å²) in [6.07, 6.45) is 1.53. The first-order valence-electron chi connectivity index (χ1n) is 4.49. The monoisotopic (exact) mass is 158 g/mol. The van der Waals surface area contributed by atoms with Gasteiger partial charge >= 0.3 is 0 Å². The van der Waals surface area contributed by atoms with E-state index in [-0.39, 0.29) is 5.60 Å². The normalized spacial score (nSPS) is 15.5. The van der Waals surface area contributed by atoms with Crippen LogP contribution in [0.5, 0.6) is 0 Å². The van der Waals surface area contributed by atoms with Crippen molar-refractivity contribution in [3.05, 3.63) is 0 Å². The Kier molecular flexibility index (Phi) is 4.09. The molecule has 0 heterocycles. The van der Waals surface area contributed by atoms with Gasteiger partial charge in [0.1, 0.15) is 0 Å². The van der Waals surface area contributed by atoms with E-state index >= 15 is 0 Å². The topological polar surface area (TPSA) is 9.23 Å². The Balaban J connectivity index is 3.61. The molecule has 0 aliphatic heterocycles. The molecule has 1 atom stereocenters. The highest BCUT2D eigenvalue weighted by molar-refractivity contribution is 4.63. The van der Waals surface area contributed by atoms with Crippen molar-refractivity contribution >= 4 is 0 Å². The first kappa shape index (κ1) is 11.0. The van der Waals surface area contributed by atoms with Gasteiger partial charge in [0.2, 0.25) is 0 Å². The van der Waals surface area contributed by atoms with Gasteiger partial charge in [-0.3, -0.25) is 0 Å². The predicted molar refractivity (Wildman–Crippen MR) is 49.8 cm³/mol. The lowest BCUT2D eigenvalue weighted by molar-refractivity contribution is -0.0584. The molecule has 0 fully saturated rings. The van der Waals surface area contributed by atoms with Gasteiger partial charge in [0.15, 0.2) is 0 Å². The zero-order chi connectivity index (χ0) is 9.07. The van der Waals surface area contributed by atoms with Gasteiger partial charge in [0, 0.05) is 0 Å². The molecule has 0 radical (unpaired) electrons. The second kappa shape index (κ2) is 4.10. The first-order valence-corrected chi connectivity index (χ1v) is 4.49. The summed E-state index contributed by atoms with van der Waals surface area (Å²) in [7, 11) is 0. The van der Waals surface area contributed by atoms with Crippen molar-refractivity contribution in [3.8, 4) is 0 Å². The molecule has 0 aromatic carbocycles. The summed E-state index contributed by atoms with van der Waals surface area (Å²) in [5, 5.41) is 0. The summed E-state index contributed by atoms with van der Waals surface area (Å²) in [5.74, 6) is 0.729. The summed E-state index contributed by atoms with van der Waals surface area (Å²) >= 11 is 0. The van der Waals surface area contributed by atoms with Crippen molar-refractivity contribution in [3.63, 3.8) is 0 Å². The lowest BCUT2D eigenvalue weighted by Gasteiger charge is -2.26. The molecule has 0 aliphatic carbocycles. The maximum Gasteiger partial charge on any atom is 0.0602 e. The van der Waals surface area contributed by atoms with Crippen LogP contribution in [0.3, 0.4) is 0 Å². The van der Waals surface area contributed by atoms with E-state index in [9.17, 15) is 0 Å². The summed E-state index contributed by atoms with van der Waals surface area (Å²) < 4.78 is 5.75. The molecule has 0 N–H and O–H groups in total. The SMILES string of the molecule is CC(C)C[C@@H](C)OC(C)(C)C. The van der Waals surface area contributed by atoms with Crippen LogP contribution in [0.1, 0.15) is 48.0 Å². The molecule has 0 bridgehead atoms. The third kappa shape index (κ3) is 7.86. The van der Waals surface area contributed by atoms with Crippen LogP contribution in [0.2, 0.25) is 0 Å². The highest BCUT2D eigenvalue weighted by atomic mass is 16.5.